The predicted molar refractivity (Wildman–Crippen MR) is 141 cm³/mol. The van der Waals surface area contributed by atoms with Crippen LogP contribution in [0.3, 0.4) is 0 Å². The molecular weight excluding hydrogens is 543 g/mol. The van der Waals surface area contributed by atoms with Gasteiger partial charge in [-0.3, -0.25) is 14.4 Å². The van der Waals surface area contributed by atoms with E-state index in [1.165, 1.54) is 20.8 Å². The van der Waals surface area contributed by atoms with E-state index in [2.05, 4.69) is 0 Å². The average molecular weight is 589 g/mol. The van der Waals surface area contributed by atoms with Gasteiger partial charge in [0.05, 0.1) is 36.2 Å². The molecule has 0 aliphatic carbocycles. The minimum absolute atomic E-state index is 0. The number of rotatable bonds is 15. The van der Waals surface area contributed by atoms with Crippen LogP contribution in [-0.4, -0.2) is 87.7 Å². The van der Waals surface area contributed by atoms with Crippen LogP contribution in [0.2, 0.25) is 0 Å². The zero-order chi connectivity index (χ0) is 31.9. The molecule has 3 atom stereocenters. The minimum Gasteiger partial charge on any atom is -0.546 e. The number of carbonyl (C=O) groups is 6. The molecule has 0 radical (unpaired) electrons. The maximum atomic E-state index is 11.1. The van der Waals surface area contributed by atoms with Gasteiger partial charge in [-0.25, -0.2) is 0 Å². The molecule has 3 unspecified atom stereocenters. The van der Waals surface area contributed by atoms with Crippen molar-refractivity contribution in [2.75, 3.05) is 0 Å². The summed E-state index contributed by atoms with van der Waals surface area (Å²) in [5.41, 5.74) is -5.31. The molecule has 12 nitrogen and oxygen atoms in total. The van der Waals surface area contributed by atoms with Crippen LogP contribution < -0.4 is 15.3 Å². The summed E-state index contributed by atoms with van der Waals surface area (Å²) in [4.78, 5) is 65.7. The summed E-state index contributed by atoms with van der Waals surface area (Å²) in [5.74, 6) is -5.96. The summed E-state index contributed by atoms with van der Waals surface area (Å²) in [6.07, 6.45) is -0.695. The minimum atomic E-state index is -1.77. The molecule has 0 bridgehead atoms. The van der Waals surface area contributed by atoms with Crippen LogP contribution >= 0.6 is 0 Å². The summed E-state index contributed by atoms with van der Waals surface area (Å²) >= 11 is 0. The summed E-state index contributed by atoms with van der Waals surface area (Å²) in [5, 5.41) is 32.3. The average Bonchev–Trinajstić information content (AvgIpc) is 2.78. The van der Waals surface area contributed by atoms with Gasteiger partial charge in [0.2, 0.25) is 0 Å². The van der Waals surface area contributed by atoms with E-state index in [0.29, 0.717) is 0 Å². The third kappa shape index (κ3) is 13.0. The summed E-state index contributed by atoms with van der Waals surface area (Å²) in [6.45, 7) is 18.4. The first-order valence-electron chi connectivity index (χ1n) is 12.8. The molecule has 0 fully saturated rings. The fourth-order valence-corrected chi connectivity index (χ4v) is 3.46. The van der Waals surface area contributed by atoms with Crippen LogP contribution in [0, 0.1) is 0 Å². The van der Waals surface area contributed by atoms with Crippen LogP contribution in [0.4, 0.5) is 0 Å². The summed E-state index contributed by atoms with van der Waals surface area (Å²) in [7, 11) is 0. The van der Waals surface area contributed by atoms with E-state index in [9.17, 15) is 44.1 Å². The van der Waals surface area contributed by atoms with E-state index in [1.54, 1.807) is 62.3 Å². The second kappa shape index (κ2) is 19.8. The number of ketones is 3. The fraction of sp³-hybridized carbons (Fsp3) is 0.778. The Morgan fingerprint density at radius 2 is 0.650 bits per heavy atom. The van der Waals surface area contributed by atoms with Gasteiger partial charge >= 0.3 is 17.4 Å². The van der Waals surface area contributed by atoms with Crippen molar-refractivity contribution >= 4 is 52.6 Å². The molecule has 13 heteroatoms. The quantitative estimate of drug-likeness (QED) is 0.173. The van der Waals surface area contributed by atoms with Gasteiger partial charge in [-0.15, -0.1) is 0 Å². The van der Waals surface area contributed by atoms with Gasteiger partial charge in [0, 0.05) is 0 Å². The molecule has 0 aliphatic heterocycles. The largest absolute Gasteiger partial charge is 3.00 e. The van der Waals surface area contributed by atoms with Crippen molar-refractivity contribution in [3.63, 3.8) is 0 Å². The molecular formula is C27H45AlO12. The summed E-state index contributed by atoms with van der Waals surface area (Å²) in [6, 6.07) is 0. The molecule has 0 saturated heterocycles. The zero-order valence-electron chi connectivity index (χ0n) is 25.8. The van der Waals surface area contributed by atoms with Gasteiger partial charge < -0.3 is 43.9 Å². The number of aliphatic carboxylic acids is 3. The van der Waals surface area contributed by atoms with Gasteiger partial charge in [0.25, 0.3) is 0 Å². The molecule has 0 aliphatic rings. The number of carbonyl (C=O) groups excluding carboxylic acids is 6. The number of hydrogen-bond acceptors (Lipinski definition) is 12. The monoisotopic (exact) mass is 588 g/mol. The molecule has 0 aromatic rings. The van der Waals surface area contributed by atoms with Crippen molar-refractivity contribution < 1.29 is 58.3 Å². The fourth-order valence-electron chi connectivity index (χ4n) is 3.46. The zero-order valence-corrected chi connectivity index (χ0v) is 27.0. The molecule has 0 aromatic carbocycles. The van der Waals surface area contributed by atoms with Gasteiger partial charge in [0.1, 0.15) is 0 Å². The SMILES string of the molecule is CCC(OC(C)C)(C(C)=O)C(=O)[O-].CCC(OC(C)C)(C(C)=O)C(=O)[O-].CCC(OC(C)C)(C(C)=O)C(=O)[O-].[Al+3]. The maximum Gasteiger partial charge on any atom is 3.00 e. The van der Waals surface area contributed by atoms with Crippen molar-refractivity contribution in [2.45, 2.75) is 137 Å². The van der Waals surface area contributed by atoms with Gasteiger partial charge in [0.15, 0.2) is 34.2 Å². The van der Waals surface area contributed by atoms with E-state index >= 15 is 0 Å². The predicted octanol–water partition coefficient (Wildman–Crippen LogP) is -0.683. The normalized spacial score (nSPS) is 15.1. The van der Waals surface area contributed by atoms with Crippen LogP contribution in [0.25, 0.3) is 0 Å². The topological polar surface area (TPSA) is 199 Å². The first-order chi connectivity index (χ1) is 17.6. The second-order valence-electron chi connectivity index (χ2n) is 9.57. The Bertz CT molecular complexity index is 697. The van der Waals surface area contributed by atoms with Crippen molar-refractivity contribution in [2.24, 2.45) is 0 Å². The molecule has 0 rings (SSSR count). The van der Waals surface area contributed by atoms with Crippen LogP contribution in [0.1, 0.15) is 102 Å². The molecule has 0 spiro atoms. The Morgan fingerprint density at radius 1 is 0.500 bits per heavy atom. The molecule has 0 aromatic heterocycles. The Labute approximate surface area is 248 Å². The molecule has 0 N–H and O–H groups in total. The molecule has 40 heavy (non-hydrogen) atoms. The number of hydrogen-bond donors (Lipinski definition) is 0. The summed E-state index contributed by atoms with van der Waals surface area (Å²) < 4.78 is 15.3. The Hall–Kier alpha value is -2.17. The van der Waals surface area contributed by atoms with E-state index in [0.717, 1.165) is 0 Å². The first-order valence-corrected chi connectivity index (χ1v) is 12.8. The first kappa shape index (κ1) is 44.8. The maximum absolute atomic E-state index is 11.1. The smallest absolute Gasteiger partial charge is 0.546 e. The number of ether oxygens (including phenoxy) is 3. The molecule has 0 saturated carbocycles. The third-order valence-corrected chi connectivity index (χ3v) is 5.50. The van der Waals surface area contributed by atoms with E-state index in [-0.39, 0.29) is 54.9 Å². The number of Topliss-reactive ketones (excluding diaryl/α,β-unsaturated/α-hetero) is 3. The Balaban J connectivity index is -0.000000240. The van der Waals surface area contributed by atoms with Gasteiger partial charge in [-0.2, -0.15) is 0 Å². The molecule has 0 heterocycles. The van der Waals surface area contributed by atoms with Crippen LogP contribution in [0.5, 0.6) is 0 Å². The van der Waals surface area contributed by atoms with E-state index < -0.39 is 52.1 Å². The van der Waals surface area contributed by atoms with Crippen molar-refractivity contribution in [3.05, 3.63) is 0 Å². The van der Waals surface area contributed by atoms with Crippen LogP contribution in [-0.2, 0) is 43.0 Å². The van der Waals surface area contributed by atoms with Gasteiger partial charge in [-0.1, -0.05) is 20.8 Å². The standard InChI is InChI=1S/3C9H16O4.Al/c3*1-5-9(7(4)10,8(11)12)13-6(2)3;/h3*6H,5H2,1-4H3,(H,11,12);/q;;;+3/p-3. The van der Waals surface area contributed by atoms with Gasteiger partial charge in [-0.05, 0) is 81.6 Å². The van der Waals surface area contributed by atoms with Crippen molar-refractivity contribution in [3.8, 4) is 0 Å². The Morgan fingerprint density at radius 3 is 0.675 bits per heavy atom. The van der Waals surface area contributed by atoms with E-state index in [1.807, 2.05) is 0 Å². The number of carboxylic acid groups (broad SMARTS) is 3. The molecule has 228 valence electrons. The van der Waals surface area contributed by atoms with E-state index in [4.69, 9.17) is 14.2 Å². The number of carboxylic acids is 3. The second-order valence-corrected chi connectivity index (χ2v) is 9.57. The molecule has 0 amide bonds. The van der Waals surface area contributed by atoms with Crippen molar-refractivity contribution in [1.29, 1.82) is 0 Å². The van der Waals surface area contributed by atoms with Crippen molar-refractivity contribution in [1.82, 2.24) is 0 Å². The third-order valence-electron chi connectivity index (χ3n) is 5.50. The Kier molecular flexibility index (Phi) is 22.2. The van der Waals surface area contributed by atoms with Crippen LogP contribution in [0.15, 0.2) is 0 Å².